The largest absolute Gasteiger partial charge is 0.481 e. The molecule has 0 aromatic carbocycles. The van der Waals surface area contributed by atoms with Crippen LogP contribution in [0.25, 0.3) is 0 Å². The van der Waals surface area contributed by atoms with Crippen molar-refractivity contribution in [2.45, 2.75) is 116 Å². The molecular weight excluding hydrogens is 648 g/mol. The minimum atomic E-state index is -1.62. The number of carbonyl (C=O) groups is 9. The van der Waals surface area contributed by atoms with E-state index in [0.717, 1.165) is 0 Å². The Kier molecular flexibility index (Phi) is 20.7. The fraction of sp³-hybridized carbons (Fsp3) is 0.700. The van der Waals surface area contributed by atoms with Crippen LogP contribution in [0.2, 0.25) is 0 Å². The molecule has 7 amide bonds. The van der Waals surface area contributed by atoms with Crippen molar-refractivity contribution in [3.05, 3.63) is 0 Å². The van der Waals surface area contributed by atoms with Gasteiger partial charge in [0.15, 0.2) is 0 Å². The van der Waals surface area contributed by atoms with Crippen LogP contribution in [-0.2, 0) is 43.2 Å². The Balaban J connectivity index is 5.77. The number of hydrogen-bond donors (Lipinski definition) is 10. The molecule has 19 heteroatoms. The molecule has 19 nitrogen and oxygen atoms in total. The summed E-state index contributed by atoms with van der Waals surface area (Å²) in [5.41, 5.74) is 10.7. The number of aliphatic hydroxyl groups is 1. The van der Waals surface area contributed by atoms with Crippen LogP contribution in [0.15, 0.2) is 0 Å². The van der Waals surface area contributed by atoms with Gasteiger partial charge in [0.1, 0.15) is 24.2 Å². The summed E-state index contributed by atoms with van der Waals surface area (Å²) in [6, 6.07) is -6.71. The number of Topliss-reactive ketones (excluding diaryl/α,β-unsaturated/α-hetero) is 1. The van der Waals surface area contributed by atoms with Gasteiger partial charge in [0.25, 0.3) is 5.91 Å². The van der Waals surface area contributed by atoms with Crippen LogP contribution in [0.1, 0.15) is 79.6 Å². The fourth-order valence-corrected chi connectivity index (χ4v) is 4.36. The quantitative estimate of drug-likeness (QED) is 0.0345. The molecule has 7 atom stereocenters. The maximum atomic E-state index is 13.4. The monoisotopic (exact) mass is 700 g/mol. The molecule has 0 saturated heterocycles. The van der Waals surface area contributed by atoms with Crippen molar-refractivity contribution in [1.82, 2.24) is 31.9 Å². The third-order valence-corrected chi connectivity index (χ3v) is 7.41. The lowest BCUT2D eigenvalue weighted by Crippen LogP contribution is -2.61. The maximum Gasteiger partial charge on any atom is 0.305 e. The Bertz CT molecular complexity index is 1200. The standard InChI is InChI=1S/C30H52N8O11/c1-6-15(2)23(37-27(46)20(35-18(5)40)9-7-8-13-31)28(47)38-24(17(4)39)29(48)34-16(3)26(45)36-19(10-11-21(32)41)25(44)30(49)33-14-12-22(42)43/h15-17,19-20,23-24,39H,6-14,31H2,1-5H3,(H2,32,41)(H,33,49)(H,34,48)(H,35,40)(H,36,45)(H,37,46)(H,38,47)(H,42,43)/t15-,16+,17-,19?,20+,23+,24+/m1/s1. The van der Waals surface area contributed by atoms with Gasteiger partial charge >= 0.3 is 5.97 Å². The van der Waals surface area contributed by atoms with Gasteiger partial charge in [-0.1, -0.05) is 20.3 Å². The van der Waals surface area contributed by atoms with Gasteiger partial charge in [-0.05, 0) is 52.0 Å². The predicted octanol–water partition coefficient (Wildman–Crippen LogP) is -3.57. The summed E-state index contributed by atoms with van der Waals surface area (Å²) in [4.78, 5) is 111. The zero-order chi connectivity index (χ0) is 37.8. The van der Waals surface area contributed by atoms with Crippen molar-refractivity contribution in [3.63, 3.8) is 0 Å². The number of carbonyl (C=O) groups excluding carboxylic acids is 8. The minimum absolute atomic E-state index is 0.264. The second-order valence-electron chi connectivity index (χ2n) is 11.7. The van der Waals surface area contributed by atoms with Gasteiger partial charge in [-0.2, -0.15) is 0 Å². The lowest BCUT2D eigenvalue weighted by Gasteiger charge is -2.29. The number of rotatable bonds is 24. The summed E-state index contributed by atoms with van der Waals surface area (Å²) in [7, 11) is 0. The molecule has 0 bridgehead atoms. The molecule has 0 fully saturated rings. The Morgan fingerprint density at radius 2 is 1.31 bits per heavy atom. The number of ketones is 1. The van der Waals surface area contributed by atoms with E-state index in [0.29, 0.717) is 25.8 Å². The third-order valence-electron chi connectivity index (χ3n) is 7.41. The summed E-state index contributed by atoms with van der Waals surface area (Å²) in [5.74, 6) is -8.82. The first-order valence-electron chi connectivity index (χ1n) is 16.0. The van der Waals surface area contributed by atoms with Gasteiger partial charge in [-0.15, -0.1) is 0 Å². The maximum absolute atomic E-state index is 13.4. The van der Waals surface area contributed by atoms with Crippen molar-refractivity contribution < 1.29 is 53.4 Å². The van der Waals surface area contributed by atoms with E-state index in [2.05, 4.69) is 31.9 Å². The van der Waals surface area contributed by atoms with Crippen molar-refractivity contribution in [1.29, 1.82) is 0 Å². The van der Waals surface area contributed by atoms with Gasteiger partial charge in [0, 0.05) is 19.9 Å². The van der Waals surface area contributed by atoms with Gasteiger partial charge in [0.05, 0.1) is 18.6 Å². The first kappa shape index (κ1) is 44.4. The lowest BCUT2D eigenvalue weighted by molar-refractivity contribution is -0.141. The SMILES string of the molecule is CC[C@@H](C)[C@H](NC(=O)[C@H](CCCCN)NC(C)=O)C(=O)N[C@H](C(=O)N[C@@H](C)C(=O)NC(CCC(N)=O)C(=O)C(=O)NCCC(=O)O)[C@@H](C)O. The van der Waals surface area contributed by atoms with Gasteiger partial charge in [0.2, 0.25) is 41.2 Å². The molecule has 0 aromatic rings. The van der Waals surface area contributed by atoms with E-state index in [9.17, 15) is 48.3 Å². The Labute approximate surface area is 284 Å². The second-order valence-corrected chi connectivity index (χ2v) is 11.7. The molecule has 49 heavy (non-hydrogen) atoms. The Morgan fingerprint density at radius 1 is 0.714 bits per heavy atom. The topological polar surface area (TPSA) is 318 Å². The molecule has 278 valence electrons. The molecule has 0 radical (unpaired) electrons. The lowest BCUT2D eigenvalue weighted by atomic mass is 9.96. The van der Waals surface area contributed by atoms with E-state index in [1.165, 1.54) is 20.8 Å². The predicted molar refractivity (Wildman–Crippen MR) is 174 cm³/mol. The number of nitrogens with one attached hydrogen (secondary N) is 6. The molecule has 0 aliphatic heterocycles. The van der Waals surface area contributed by atoms with E-state index in [1.807, 2.05) is 0 Å². The van der Waals surface area contributed by atoms with E-state index in [4.69, 9.17) is 16.6 Å². The van der Waals surface area contributed by atoms with Crippen LogP contribution < -0.4 is 43.4 Å². The van der Waals surface area contributed by atoms with Crippen LogP contribution in [0, 0.1) is 5.92 Å². The highest BCUT2D eigenvalue weighted by molar-refractivity contribution is 6.38. The highest BCUT2D eigenvalue weighted by Crippen LogP contribution is 2.11. The van der Waals surface area contributed by atoms with Crippen LogP contribution >= 0.6 is 0 Å². The smallest absolute Gasteiger partial charge is 0.305 e. The number of carboxylic acid groups (broad SMARTS) is 1. The molecule has 0 aromatic heterocycles. The van der Waals surface area contributed by atoms with Crippen molar-refractivity contribution in [2.24, 2.45) is 17.4 Å². The van der Waals surface area contributed by atoms with Crippen LogP contribution in [0.4, 0.5) is 0 Å². The fourth-order valence-electron chi connectivity index (χ4n) is 4.36. The summed E-state index contributed by atoms with van der Waals surface area (Å²) in [6.45, 7) is 7.13. The molecule has 1 unspecified atom stereocenters. The Morgan fingerprint density at radius 3 is 1.82 bits per heavy atom. The molecular formula is C30H52N8O11. The first-order chi connectivity index (χ1) is 22.9. The molecule has 12 N–H and O–H groups in total. The molecule has 0 saturated carbocycles. The molecule has 0 aliphatic rings. The van der Waals surface area contributed by atoms with Crippen LogP contribution in [0.3, 0.4) is 0 Å². The summed E-state index contributed by atoms with van der Waals surface area (Å²) >= 11 is 0. The minimum Gasteiger partial charge on any atom is -0.481 e. The van der Waals surface area contributed by atoms with Crippen LogP contribution in [0.5, 0.6) is 0 Å². The average Bonchev–Trinajstić information content (AvgIpc) is 3.01. The third kappa shape index (κ3) is 17.4. The highest BCUT2D eigenvalue weighted by atomic mass is 16.4. The number of nitrogens with two attached hydrogens (primary N) is 2. The summed E-state index contributed by atoms with van der Waals surface area (Å²) in [5, 5.41) is 33.3. The molecule has 0 rings (SSSR count). The van der Waals surface area contributed by atoms with E-state index >= 15 is 0 Å². The number of carboxylic acids is 1. The number of aliphatic hydroxyl groups excluding tert-OH is 1. The zero-order valence-electron chi connectivity index (χ0n) is 28.6. The number of unbranched alkanes of at least 4 members (excludes halogenated alkanes) is 1. The molecule has 0 spiro atoms. The number of aliphatic carboxylic acids is 1. The zero-order valence-corrected chi connectivity index (χ0v) is 28.6. The van der Waals surface area contributed by atoms with E-state index < -0.39 is 108 Å². The van der Waals surface area contributed by atoms with E-state index in [1.54, 1.807) is 13.8 Å². The van der Waals surface area contributed by atoms with Gasteiger partial charge in [-0.3, -0.25) is 43.2 Å². The normalized spacial score (nSPS) is 15.1. The van der Waals surface area contributed by atoms with Gasteiger partial charge < -0.3 is 53.6 Å². The van der Waals surface area contributed by atoms with Crippen molar-refractivity contribution in [3.8, 4) is 0 Å². The number of hydrogen-bond acceptors (Lipinski definition) is 11. The number of primary amides is 1. The van der Waals surface area contributed by atoms with Crippen LogP contribution in [-0.4, -0.2) is 113 Å². The van der Waals surface area contributed by atoms with Gasteiger partial charge in [-0.25, -0.2) is 0 Å². The highest BCUT2D eigenvalue weighted by Gasteiger charge is 2.35. The second kappa shape index (κ2) is 22.8. The van der Waals surface area contributed by atoms with Crippen molar-refractivity contribution >= 4 is 53.1 Å². The Hall–Kier alpha value is -4.65. The number of amides is 7. The summed E-state index contributed by atoms with van der Waals surface area (Å²) in [6.07, 6.45) is -0.915. The molecule has 0 heterocycles. The average molecular weight is 701 g/mol. The summed E-state index contributed by atoms with van der Waals surface area (Å²) < 4.78 is 0. The van der Waals surface area contributed by atoms with E-state index in [-0.39, 0.29) is 19.4 Å². The van der Waals surface area contributed by atoms with Crippen molar-refractivity contribution in [2.75, 3.05) is 13.1 Å². The molecule has 0 aliphatic carbocycles. The first-order valence-corrected chi connectivity index (χ1v) is 16.0.